The average Bonchev–Trinajstić information content (AvgIpc) is 2.15. The Balaban J connectivity index is 2.05. The van der Waals surface area contributed by atoms with Crippen molar-refractivity contribution in [3.05, 3.63) is 11.6 Å². The zero-order valence-electron chi connectivity index (χ0n) is 9.44. The second-order valence-corrected chi connectivity index (χ2v) is 5.19. The Labute approximate surface area is 90.8 Å². The molecule has 1 saturated heterocycles. The first-order valence-corrected chi connectivity index (χ1v) is 5.73. The Kier molecular flexibility index (Phi) is 2.88. The van der Waals surface area contributed by atoms with Gasteiger partial charge in [0.05, 0.1) is 23.9 Å². The minimum Gasteiger partial charge on any atom is -0.389 e. The Morgan fingerprint density at radius 2 is 2.07 bits per heavy atom. The molecule has 86 valence electrons. The topological polar surface area (TPSA) is 49.7 Å². The second kappa shape index (κ2) is 3.89. The summed E-state index contributed by atoms with van der Waals surface area (Å²) >= 11 is 0. The van der Waals surface area contributed by atoms with Gasteiger partial charge in [-0.25, -0.2) is 0 Å². The van der Waals surface area contributed by atoms with Gasteiger partial charge < -0.3 is 14.9 Å². The molecule has 0 saturated carbocycles. The second-order valence-electron chi connectivity index (χ2n) is 5.19. The highest BCUT2D eigenvalue weighted by atomic mass is 16.5. The molecular weight excluding hydrogens is 192 g/mol. The Bertz CT molecular complexity index is 265. The molecular formula is C12H20O3. The SMILES string of the molecule is CC(C)(O)[C@H]1CCC2=C[C@H](O)CC[C@H]2O1. The summed E-state index contributed by atoms with van der Waals surface area (Å²) in [5.41, 5.74) is 0.455. The fourth-order valence-electron chi connectivity index (χ4n) is 2.43. The molecule has 3 heteroatoms. The summed E-state index contributed by atoms with van der Waals surface area (Å²) in [7, 11) is 0. The van der Waals surface area contributed by atoms with Crippen LogP contribution in [0.1, 0.15) is 39.5 Å². The van der Waals surface area contributed by atoms with Gasteiger partial charge in [-0.15, -0.1) is 0 Å². The van der Waals surface area contributed by atoms with Crippen LogP contribution in [0.3, 0.4) is 0 Å². The molecule has 1 heterocycles. The molecule has 2 aliphatic rings. The predicted octanol–water partition coefficient (Wildman–Crippen LogP) is 1.39. The van der Waals surface area contributed by atoms with Crippen molar-refractivity contribution in [1.29, 1.82) is 0 Å². The summed E-state index contributed by atoms with van der Waals surface area (Å²) in [6.07, 6.45) is 5.11. The maximum Gasteiger partial charge on any atom is 0.0867 e. The fraction of sp³-hybridized carbons (Fsp3) is 0.833. The predicted molar refractivity (Wildman–Crippen MR) is 57.5 cm³/mol. The molecule has 15 heavy (non-hydrogen) atoms. The van der Waals surface area contributed by atoms with Crippen molar-refractivity contribution in [2.75, 3.05) is 0 Å². The molecule has 0 aromatic carbocycles. The van der Waals surface area contributed by atoms with Crippen LogP contribution in [0.5, 0.6) is 0 Å². The van der Waals surface area contributed by atoms with Crippen molar-refractivity contribution >= 4 is 0 Å². The van der Waals surface area contributed by atoms with Gasteiger partial charge in [0.25, 0.3) is 0 Å². The van der Waals surface area contributed by atoms with E-state index >= 15 is 0 Å². The zero-order chi connectivity index (χ0) is 11.1. The molecule has 0 radical (unpaired) electrons. The van der Waals surface area contributed by atoms with Crippen LogP contribution in [0, 0.1) is 0 Å². The largest absolute Gasteiger partial charge is 0.389 e. The highest BCUT2D eigenvalue weighted by molar-refractivity contribution is 5.17. The molecule has 1 aliphatic heterocycles. The summed E-state index contributed by atoms with van der Waals surface area (Å²) in [6, 6.07) is 0. The Hall–Kier alpha value is -0.380. The number of aliphatic hydroxyl groups is 2. The lowest BCUT2D eigenvalue weighted by Gasteiger charge is -2.40. The lowest BCUT2D eigenvalue weighted by molar-refractivity contribution is -0.129. The lowest BCUT2D eigenvalue weighted by atomic mass is 9.85. The van der Waals surface area contributed by atoms with Crippen molar-refractivity contribution in [2.45, 2.75) is 63.4 Å². The number of ether oxygens (including phenoxy) is 1. The van der Waals surface area contributed by atoms with Gasteiger partial charge in [-0.2, -0.15) is 0 Å². The van der Waals surface area contributed by atoms with Gasteiger partial charge in [-0.05, 0) is 45.1 Å². The van der Waals surface area contributed by atoms with E-state index in [9.17, 15) is 10.2 Å². The van der Waals surface area contributed by atoms with E-state index in [1.807, 2.05) is 6.08 Å². The third kappa shape index (κ3) is 2.41. The van der Waals surface area contributed by atoms with Crippen molar-refractivity contribution in [3.8, 4) is 0 Å². The van der Waals surface area contributed by atoms with Crippen LogP contribution in [0.2, 0.25) is 0 Å². The molecule has 1 fully saturated rings. The van der Waals surface area contributed by atoms with Crippen molar-refractivity contribution in [3.63, 3.8) is 0 Å². The molecule has 2 rings (SSSR count). The van der Waals surface area contributed by atoms with Gasteiger partial charge >= 0.3 is 0 Å². The van der Waals surface area contributed by atoms with Gasteiger partial charge in [-0.1, -0.05) is 6.08 Å². The van der Waals surface area contributed by atoms with E-state index in [0.29, 0.717) is 0 Å². The standard InChI is InChI=1S/C12H20O3/c1-12(2,14)11-6-3-8-7-9(13)4-5-10(8)15-11/h7,9-11,13-14H,3-6H2,1-2H3/t9-,10-,11-/m1/s1. The van der Waals surface area contributed by atoms with Gasteiger partial charge in [0.1, 0.15) is 0 Å². The van der Waals surface area contributed by atoms with Crippen molar-refractivity contribution in [2.24, 2.45) is 0 Å². The van der Waals surface area contributed by atoms with Crippen LogP contribution in [0.15, 0.2) is 11.6 Å². The van der Waals surface area contributed by atoms with E-state index in [1.165, 1.54) is 5.57 Å². The maximum absolute atomic E-state index is 9.89. The van der Waals surface area contributed by atoms with E-state index in [0.717, 1.165) is 25.7 Å². The first-order valence-electron chi connectivity index (χ1n) is 5.73. The average molecular weight is 212 g/mol. The molecule has 2 N–H and O–H groups in total. The number of hydrogen-bond donors (Lipinski definition) is 2. The highest BCUT2D eigenvalue weighted by Crippen LogP contribution is 2.35. The number of rotatable bonds is 1. The molecule has 0 amide bonds. The molecule has 0 aromatic heterocycles. The van der Waals surface area contributed by atoms with E-state index in [2.05, 4.69) is 0 Å². The molecule has 0 aromatic rings. The summed E-state index contributed by atoms with van der Waals surface area (Å²) in [5, 5.41) is 19.4. The molecule has 0 spiro atoms. The van der Waals surface area contributed by atoms with Crippen molar-refractivity contribution < 1.29 is 14.9 Å². The van der Waals surface area contributed by atoms with Crippen LogP contribution in [0.25, 0.3) is 0 Å². The zero-order valence-corrected chi connectivity index (χ0v) is 9.44. The number of fused-ring (bicyclic) bond motifs is 1. The Morgan fingerprint density at radius 3 is 2.73 bits per heavy atom. The molecule has 1 aliphatic carbocycles. The lowest BCUT2D eigenvalue weighted by Crippen LogP contribution is -2.45. The van der Waals surface area contributed by atoms with Crippen LogP contribution in [-0.2, 0) is 4.74 Å². The molecule has 3 atom stereocenters. The van der Waals surface area contributed by atoms with Crippen LogP contribution in [-0.4, -0.2) is 34.1 Å². The monoisotopic (exact) mass is 212 g/mol. The smallest absolute Gasteiger partial charge is 0.0867 e. The first kappa shape index (κ1) is 11.1. The molecule has 0 unspecified atom stereocenters. The van der Waals surface area contributed by atoms with Crippen LogP contribution >= 0.6 is 0 Å². The van der Waals surface area contributed by atoms with Gasteiger partial charge in [-0.3, -0.25) is 0 Å². The van der Waals surface area contributed by atoms with Crippen LogP contribution < -0.4 is 0 Å². The summed E-state index contributed by atoms with van der Waals surface area (Å²) < 4.78 is 5.87. The minimum atomic E-state index is -0.762. The minimum absolute atomic E-state index is 0.0742. The molecule has 0 bridgehead atoms. The quantitative estimate of drug-likeness (QED) is 0.646. The summed E-state index contributed by atoms with van der Waals surface area (Å²) in [5.74, 6) is 0. The first-order chi connectivity index (χ1) is 6.97. The third-order valence-corrected chi connectivity index (χ3v) is 3.36. The Morgan fingerprint density at radius 1 is 1.33 bits per heavy atom. The summed E-state index contributed by atoms with van der Waals surface area (Å²) in [4.78, 5) is 0. The van der Waals surface area contributed by atoms with E-state index in [4.69, 9.17) is 4.74 Å². The summed E-state index contributed by atoms with van der Waals surface area (Å²) in [6.45, 7) is 3.59. The van der Waals surface area contributed by atoms with E-state index < -0.39 is 5.60 Å². The fourth-order valence-corrected chi connectivity index (χ4v) is 2.43. The van der Waals surface area contributed by atoms with E-state index in [-0.39, 0.29) is 18.3 Å². The normalized spacial score (nSPS) is 37.1. The van der Waals surface area contributed by atoms with Crippen molar-refractivity contribution in [1.82, 2.24) is 0 Å². The highest BCUT2D eigenvalue weighted by Gasteiger charge is 2.36. The third-order valence-electron chi connectivity index (χ3n) is 3.36. The number of aliphatic hydroxyl groups excluding tert-OH is 1. The van der Waals surface area contributed by atoms with Gasteiger partial charge in [0.2, 0.25) is 0 Å². The van der Waals surface area contributed by atoms with Crippen LogP contribution in [0.4, 0.5) is 0 Å². The van der Waals surface area contributed by atoms with Gasteiger partial charge in [0.15, 0.2) is 0 Å². The maximum atomic E-state index is 9.89. The van der Waals surface area contributed by atoms with Gasteiger partial charge in [0, 0.05) is 0 Å². The number of hydrogen-bond acceptors (Lipinski definition) is 3. The van der Waals surface area contributed by atoms with E-state index in [1.54, 1.807) is 13.8 Å². The molecule has 3 nitrogen and oxygen atoms in total.